The predicted octanol–water partition coefficient (Wildman–Crippen LogP) is 0.589. The molecule has 1 aromatic heterocycles. The Labute approximate surface area is 76.2 Å². The van der Waals surface area contributed by atoms with Crippen molar-refractivity contribution in [1.29, 1.82) is 5.41 Å². The molecule has 5 nitrogen and oxygen atoms in total. The third-order valence-corrected chi connectivity index (χ3v) is 2.11. The highest BCUT2D eigenvalue weighted by Crippen LogP contribution is 2.27. The molecule has 0 aliphatic carbocycles. The zero-order valence-corrected chi connectivity index (χ0v) is 7.60. The van der Waals surface area contributed by atoms with Crippen LogP contribution in [0.2, 0.25) is 0 Å². The highest BCUT2D eigenvalue weighted by Gasteiger charge is 2.22. The molecule has 68 valence electrons. The Hall–Kier alpha value is -1.65. The minimum absolute atomic E-state index is 0.215. The van der Waals surface area contributed by atoms with Crippen molar-refractivity contribution in [2.45, 2.75) is 6.04 Å². The first kappa shape index (κ1) is 7.97. The monoisotopic (exact) mass is 177 g/mol. The number of nitrogens with zero attached hydrogens (tertiary/aromatic N) is 4. The average Bonchev–Trinajstić information content (AvgIpc) is 2.50. The summed E-state index contributed by atoms with van der Waals surface area (Å²) >= 11 is 0. The van der Waals surface area contributed by atoms with Crippen molar-refractivity contribution in [2.75, 3.05) is 11.9 Å². The number of hydrogen-bond donors (Lipinski definition) is 1. The van der Waals surface area contributed by atoms with Gasteiger partial charge in [0, 0.05) is 20.3 Å². The summed E-state index contributed by atoms with van der Waals surface area (Å²) in [5, 5.41) is 7.20. The number of anilines is 1. The predicted molar refractivity (Wildman–Crippen MR) is 51.6 cm³/mol. The van der Waals surface area contributed by atoms with Crippen LogP contribution in [-0.2, 0) is 7.05 Å². The highest BCUT2D eigenvalue weighted by atomic mass is 15.3. The van der Waals surface area contributed by atoms with Crippen molar-refractivity contribution in [3.8, 4) is 0 Å². The average molecular weight is 177 g/mol. The van der Waals surface area contributed by atoms with Gasteiger partial charge in [-0.15, -0.1) is 0 Å². The Morgan fingerprint density at radius 3 is 3.00 bits per heavy atom. The van der Waals surface area contributed by atoms with Crippen LogP contribution in [0.25, 0.3) is 0 Å². The minimum atomic E-state index is -0.215. The van der Waals surface area contributed by atoms with E-state index in [0.29, 0.717) is 0 Å². The van der Waals surface area contributed by atoms with Gasteiger partial charge < -0.3 is 14.9 Å². The summed E-state index contributed by atoms with van der Waals surface area (Å²) in [7, 11) is 3.85. The second kappa shape index (κ2) is 2.69. The van der Waals surface area contributed by atoms with E-state index < -0.39 is 0 Å². The van der Waals surface area contributed by atoms with E-state index in [1.165, 1.54) is 6.21 Å². The Morgan fingerprint density at radius 1 is 1.54 bits per heavy atom. The summed E-state index contributed by atoms with van der Waals surface area (Å²) in [6.07, 6.45) is 4.77. The lowest BCUT2D eigenvalue weighted by atomic mass is 10.2. The van der Waals surface area contributed by atoms with E-state index in [9.17, 15) is 0 Å². The molecular formula is C8H11N5. The van der Waals surface area contributed by atoms with Crippen LogP contribution in [0.15, 0.2) is 11.3 Å². The second-order valence-corrected chi connectivity index (χ2v) is 3.05. The third kappa shape index (κ3) is 1.04. The van der Waals surface area contributed by atoms with Crippen molar-refractivity contribution in [3.05, 3.63) is 12.0 Å². The maximum Gasteiger partial charge on any atom is 0.139 e. The fraction of sp³-hybridized carbons (Fsp3) is 0.375. The van der Waals surface area contributed by atoms with E-state index in [0.717, 1.165) is 11.5 Å². The summed E-state index contributed by atoms with van der Waals surface area (Å²) in [5.41, 5.74) is 0.850. The fourth-order valence-corrected chi connectivity index (χ4v) is 1.50. The number of imidazole rings is 1. The molecule has 2 rings (SSSR count). The zero-order valence-electron chi connectivity index (χ0n) is 7.60. The largest absolute Gasteiger partial charge is 0.320 e. The molecule has 0 saturated carbocycles. The standard InChI is InChI=1S/C8H11N5/c1-12-4-10-6(3-9)7-8(12)13(2)5-11-7/h3-6,9H,1-2H3. The molecule has 0 fully saturated rings. The molecule has 0 aromatic carbocycles. The fourth-order valence-electron chi connectivity index (χ4n) is 1.50. The Balaban J connectivity index is 2.55. The van der Waals surface area contributed by atoms with Crippen molar-refractivity contribution in [2.24, 2.45) is 12.0 Å². The normalized spacial score (nSPS) is 20.2. The first-order valence-electron chi connectivity index (χ1n) is 4.02. The zero-order chi connectivity index (χ0) is 9.42. The molecule has 0 amide bonds. The molecule has 1 aliphatic rings. The summed E-state index contributed by atoms with van der Waals surface area (Å²) in [4.78, 5) is 10.3. The van der Waals surface area contributed by atoms with Gasteiger partial charge in [0.25, 0.3) is 0 Å². The highest BCUT2D eigenvalue weighted by molar-refractivity contribution is 5.85. The molecule has 1 unspecified atom stereocenters. The number of hydrogen-bond acceptors (Lipinski definition) is 4. The SMILES string of the molecule is CN1C=NC(C=N)c2ncn(C)c21. The van der Waals surface area contributed by atoms with Gasteiger partial charge in [0.05, 0.1) is 12.7 Å². The van der Waals surface area contributed by atoms with Gasteiger partial charge in [-0.2, -0.15) is 0 Å². The van der Waals surface area contributed by atoms with Crippen LogP contribution in [0.4, 0.5) is 5.82 Å². The first-order valence-corrected chi connectivity index (χ1v) is 4.02. The summed E-state index contributed by atoms with van der Waals surface area (Å²) < 4.78 is 1.93. The third-order valence-electron chi connectivity index (χ3n) is 2.11. The number of aromatic nitrogens is 2. The van der Waals surface area contributed by atoms with Gasteiger partial charge in [-0.05, 0) is 0 Å². The van der Waals surface area contributed by atoms with Gasteiger partial charge in [-0.3, -0.25) is 4.99 Å². The maximum atomic E-state index is 7.20. The molecule has 0 saturated heterocycles. The summed E-state index contributed by atoms with van der Waals surface area (Å²) in [5.74, 6) is 1.00. The van der Waals surface area contributed by atoms with Crippen LogP contribution in [-0.4, -0.2) is 29.2 Å². The van der Waals surface area contributed by atoms with Crippen molar-refractivity contribution in [1.82, 2.24) is 9.55 Å². The second-order valence-electron chi connectivity index (χ2n) is 3.05. The lowest BCUT2D eigenvalue weighted by molar-refractivity contribution is 0.867. The van der Waals surface area contributed by atoms with Crippen LogP contribution >= 0.6 is 0 Å². The molecule has 1 atom stereocenters. The molecule has 0 bridgehead atoms. The number of aryl methyl sites for hydroxylation is 1. The molecule has 2 heterocycles. The van der Waals surface area contributed by atoms with E-state index in [-0.39, 0.29) is 6.04 Å². The smallest absolute Gasteiger partial charge is 0.139 e. The summed E-state index contributed by atoms with van der Waals surface area (Å²) in [6, 6.07) is -0.215. The van der Waals surface area contributed by atoms with E-state index in [2.05, 4.69) is 9.98 Å². The minimum Gasteiger partial charge on any atom is -0.320 e. The molecular weight excluding hydrogens is 166 g/mol. The Bertz CT molecular complexity index is 365. The number of aliphatic imine (C=N–C) groups is 1. The van der Waals surface area contributed by atoms with Gasteiger partial charge >= 0.3 is 0 Å². The maximum absolute atomic E-state index is 7.20. The molecule has 1 N–H and O–H groups in total. The van der Waals surface area contributed by atoms with Gasteiger partial charge in [-0.25, -0.2) is 4.98 Å². The van der Waals surface area contributed by atoms with Crippen LogP contribution in [0.5, 0.6) is 0 Å². The van der Waals surface area contributed by atoms with Crippen LogP contribution in [0.1, 0.15) is 11.7 Å². The van der Waals surface area contributed by atoms with Gasteiger partial charge in [0.15, 0.2) is 0 Å². The van der Waals surface area contributed by atoms with Crippen molar-refractivity contribution in [3.63, 3.8) is 0 Å². The molecule has 0 spiro atoms. The first-order chi connectivity index (χ1) is 6.24. The van der Waals surface area contributed by atoms with E-state index in [4.69, 9.17) is 5.41 Å². The van der Waals surface area contributed by atoms with E-state index in [1.54, 1.807) is 12.7 Å². The molecule has 13 heavy (non-hydrogen) atoms. The number of rotatable bonds is 1. The lowest BCUT2D eigenvalue weighted by Gasteiger charge is -2.21. The topological polar surface area (TPSA) is 57.3 Å². The number of nitrogens with one attached hydrogen (secondary N) is 1. The van der Waals surface area contributed by atoms with Crippen LogP contribution in [0, 0.1) is 5.41 Å². The van der Waals surface area contributed by atoms with E-state index >= 15 is 0 Å². The Morgan fingerprint density at radius 2 is 2.31 bits per heavy atom. The lowest BCUT2D eigenvalue weighted by Crippen LogP contribution is -2.24. The van der Waals surface area contributed by atoms with Gasteiger partial charge in [0.2, 0.25) is 0 Å². The Kier molecular flexibility index (Phi) is 1.65. The van der Waals surface area contributed by atoms with Crippen molar-refractivity contribution >= 4 is 18.4 Å². The van der Waals surface area contributed by atoms with E-state index in [1.807, 2.05) is 23.6 Å². The quantitative estimate of drug-likeness (QED) is 0.638. The van der Waals surface area contributed by atoms with Gasteiger partial charge in [0.1, 0.15) is 17.6 Å². The molecule has 1 aromatic rings. The summed E-state index contributed by atoms with van der Waals surface area (Å²) in [6.45, 7) is 0. The number of fused-ring (bicyclic) bond motifs is 1. The molecule has 5 heteroatoms. The van der Waals surface area contributed by atoms with Crippen molar-refractivity contribution < 1.29 is 0 Å². The molecule has 1 aliphatic heterocycles. The van der Waals surface area contributed by atoms with Crippen LogP contribution < -0.4 is 4.90 Å². The molecule has 0 radical (unpaired) electrons. The van der Waals surface area contributed by atoms with Crippen LogP contribution in [0.3, 0.4) is 0 Å². The van der Waals surface area contributed by atoms with Gasteiger partial charge in [-0.1, -0.05) is 0 Å².